The van der Waals surface area contributed by atoms with Crippen LogP contribution in [0.15, 0.2) is 42.5 Å². The average molecular weight is 396 g/mol. The summed E-state index contributed by atoms with van der Waals surface area (Å²) in [6, 6.07) is 8.06. The summed E-state index contributed by atoms with van der Waals surface area (Å²) in [4.78, 5) is 4.30. The van der Waals surface area contributed by atoms with Gasteiger partial charge in [0.15, 0.2) is 5.82 Å². The van der Waals surface area contributed by atoms with Crippen LogP contribution in [-0.4, -0.2) is 20.9 Å². The van der Waals surface area contributed by atoms with Crippen molar-refractivity contribution in [3.63, 3.8) is 0 Å². The highest BCUT2D eigenvalue weighted by Crippen LogP contribution is 2.27. The number of nitrogens with zero attached hydrogens (tertiary/aromatic N) is 2. The topological polar surface area (TPSA) is 117 Å². The monoisotopic (exact) mass is 396 g/mol. The van der Waals surface area contributed by atoms with E-state index in [1.807, 2.05) is 13.8 Å². The highest BCUT2D eigenvalue weighted by Gasteiger charge is 2.19. The fourth-order valence-corrected chi connectivity index (χ4v) is 2.70. The van der Waals surface area contributed by atoms with Gasteiger partial charge in [0, 0.05) is 11.3 Å². The van der Waals surface area contributed by atoms with E-state index in [0.717, 1.165) is 11.6 Å². The van der Waals surface area contributed by atoms with Gasteiger partial charge in [0.2, 0.25) is 0 Å². The lowest BCUT2D eigenvalue weighted by Gasteiger charge is -2.11. The summed E-state index contributed by atoms with van der Waals surface area (Å²) in [5.74, 6) is -0.199. The first kappa shape index (κ1) is 20.3. The number of hydrogen-bond acceptors (Lipinski definition) is 5. The van der Waals surface area contributed by atoms with Crippen LogP contribution in [0.25, 0.3) is 17.5 Å². The number of nitrogens with one attached hydrogen (secondary N) is 2. The van der Waals surface area contributed by atoms with Crippen LogP contribution in [0, 0.1) is 23.0 Å². The molecule has 2 aromatic carbocycles. The third-order valence-electron chi connectivity index (χ3n) is 4.52. The lowest BCUT2D eigenvalue weighted by molar-refractivity contribution is 0.492. The zero-order chi connectivity index (χ0) is 21.1. The molecule has 8 heteroatoms. The molecule has 0 spiro atoms. The van der Waals surface area contributed by atoms with Gasteiger partial charge in [-0.05, 0) is 41.8 Å². The van der Waals surface area contributed by atoms with Crippen molar-refractivity contribution >= 4 is 17.5 Å². The summed E-state index contributed by atoms with van der Waals surface area (Å²) >= 11 is 0. The summed E-state index contributed by atoms with van der Waals surface area (Å²) < 4.78 is 27.5. The van der Waals surface area contributed by atoms with Gasteiger partial charge in [-0.25, -0.2) is 13.8 Å². The molecule has 1 heterocycles. The molecule has 6 nitrogen and oxygen atoms in total. The van der Waals surface area contributed by atoms with Crippen molar-refractivity contribution < 1.29 is 8.78 Å². The second-order valence-corrected chi connectivity index (χ2v) is 7.03. The van der Waals surface area contributed by atoms with E-state index in [1.54, 1.807) is 18.2 Å². The lowest BCUT2D eigenvalue weighted by Crippen LogP contribution is -2.18. The number of anilines is 1. The Labute approximate surface area is 167 Å². The molecule has 0 amide bonds. The summed E-state index contributed by atoms with van der Waals surface area (Å²) in [7, 11) is 0. The molecule has 0 aliphatic heterocycles. The van der Waals surface area contributed by atoms with Gasteiger partial charge in [-0.15, -0.1) is 0 Å². The molecule has 0 saturated carbocycles. The summed E-state index contributed by atoms with van der Waals surface area (Å²) in [6.07, 6.45) is 3.16. The van der Waals surface area contributed by atoms with Gasteiger partial charge in [0.25, 0.3) is 0 Å². The van der Waals surface area contributed by atoms with Crippen LogP contribution >= 0.6 is 0 Å². The average Bonchev–Trinajstić information content (AvgIpc) is 3.16. The number of nitrogen functional groups attached to an aromatic ring is 1. The predicted octanol–water partition coefficient (Wildman–Crippen LogP) is 4.07. The maximum atomic E-state index is 14.5. The van der Waals surface area contributed by atoms with Crippen molar-refractivity contribution in [3.05, 3.63) is 71.1 Å². The van der Waals surface area contributed by atoms with Crippen LogP contribution in [0.2, 0.25) is 0 Å². The van der Waals surface area contributed by atoms with Crippen molar-refractivity contribution in [2.75, 3.05) is 5.73 Å². The first-order chi connectivity index (χ1) is 13.8. The van der Waals surface area contributed by atoms with Gasteiger partial charge in [-0.3, -0.25) is 5.10 Å². The standard InChI is InChI=1S/C21H22F2N6/c1-11(2)19(26)21-27-20(28-29-21)14-9-15(18(25)10-16(14)23)17(24)8-5-12-3-6-13(22)7-4-12/h3-11,19,24H,25-26H2,1-2H3,(H,27,28,29)/b8-5+,24-17?. The predicted molar refractivity (Wildman–Crippen MR) is 110 cm³/mol. The van der Waals surface area contributed by atoms with Gasteiger partial charge in [-0.2, -0.15) is 5.10 Å². The minimum absolute atomic E-state index is 0.0720. The Balaban J connectivity index is 1.91. The minimum atomic E-state index is -0.592. The molecule has 150 valence electrons. The molecule has 3 rings (SSSR count). The number of hydrogen-bond donors (Lipinski definition) is 4. The zero-order valence-corrected chi connectivity index (χ0v) is 16.1. The largest absolute Gasteiger partial charge is 0.398 e. The van der Waals surface area contributed by atoms with Crippen molar-refractivity contribution in [3.8, 4) is 11.4 Å². The number of aromatic amines is 1. The second-order valence-electron chi connectivity index (χ2n) is 7.03. The van der Waals surface area contributed by atoms with Gasteiger partial charge in [0.05, 0.1) is 17.3 Å². The number of nitrogens with two attached hydrogens (primary N) is 2. The highest BCUT2D eigenvalue weighted by molar-refractivity contribution is 6.12. The third-order valence-corrected chi connectivity index (χ3v) is 4.52. The maximum absolute atomic E-state index is 14.5. The summed E-state index contributed by atoms with van der Waals surface area (Å²) in [6.45, 7) is 3.90. The molecule has 1 atom stereocenters. The van der Waals surface area contributed by atoms with E-state index in [4.69, 9.17) is 16.9 Å². The second kappa shape index (κ2) is 8.32. The zero-order valence-electron chi connectivity index (χ0n) is 16.1. The Morgan fingerprint density at radius 2 is 1.86 bits per heavy atom. The van der Waals surface area contributed by atoms with E-state index in [9.17, 15) is 8.78 Å². The Morgan fingerprint density at radius 1 is 1.17 bits per heavy atom. The molecule has 0 fully saturated rings. The SMILES string of the molecule is CC(C)C(N)c1nc(-c2cc(C(=N)/C=C/c3ccc(F)cc3)c(N)cc2F)n[nH]1. The Hall–Kier alpha value is -3.39. The molecule has 6 N–H and O–H groups in total. The molecule has 1 aromatic heterocycles. The molecule has 0 aliphatic carbocycles. The van der Waals surface area contributed by atoms with E-state index in [0.29, 0.717) is 11.4 Å². The molecular formula is C21H22F2N6. The van der Waals surface area contributed by atoms with E-state index < -0.39 is 5.82 Å². The van der Waals surface area contributed by atoms with Crippen molar-refractivity contribution in [1.82, 2.24) is 15.2 Å². The summed E-state index contributed by atoms with van der Waals surface area (Å²) in [5.41, 5.74) is 13.3. The normalized spacial score (nSPS) is 12.6. The molecular weight excluding hydrogens is 374 g/mol. The number of H-pyrrole nitrogens is 1. The van der Waals surface area contributed by atoms with Crippen LogP contribution in [0.1, 0.15) is 36.8 Å². The number of allylic oxidation sites excluding steroid dienone is 1. The maximum Gasteiger partial charge on any atom is 0.184 e. The fraction of sp³-hybridized carbons (Fsp3) is 0.190. The van der Waals surface area contributed by atoms with Gasteiger partial charge in [-0.1, -0.05) is 32.1 Å². The van der Waals surface area contributed by atoms with Crippen LogP contribution in [0.3, 0.4) is 0 Å². The fourth-order valence-electron chi connectivity index (χ4n) is 2.70. The van der Waals surface area contributed by atoms with Crippen LogP contribution in [0.5, 0.6) is 0 Å². The van der Waals surface area contributed by atoms with Gasteiger partial charge >= 0.3 is 0 Å². The summed E-state index contributed by atoms with van der Waals surface area (Å²) in [5, 5.41) is 15.1. The van der Waals surface area contributed by atoms with Gasteiger partial charge in [0.1, 0.15) is 17.5 Å². The molecule has 0 saturated heterocycles. The van der Waals surface area contributed by atoms with Crippen molar-refractivity contribution in [2.24, 2.45) is 11.7 Å². The molecule has 0 aliphatic rings. The number of rotatable bonds is 6. The Kier molecular flexibility index (Phi) is 5.84. The quantitative estimate of drug-likeness (QED) is 0.371. The van der Waals surface area contributed by atoms with Crippen LogP contribution < -0.4 is 11.5 Å². The lowest BCUT2D eigenvalue weighted by atomic mass is 10.0. The third kappa shape index (κ3) is 4.55. The molecule has 0 radical (unpaired) electrons. The molecule has 0 bridgehead atoms. The first-order valence-electron chi connectivity index (χ1n) is 9.06. The van der Waals surface area contributed by atoms with Gasteiger partial charge < -0.3 is 16.9 Å². The number of benzene rings is 2. The smallest absolute Gasteiger partial charge is 0.184 e. The molecule has 29 heavy (non-hydrogen) atoms. The number of halogens is 2. The van der Waals surface area contributed by atoms with Crippen molar-refractivity contribution in [1.29, 1.82) is 5.41 Å². The highest BCUT2D eigenvalue weighted by atomic mass is 19.1. The molecule has 3 aromatic rings. The van der Waals surface area contributed by atoms with Crippen molar-refractivity contribution in [2.45, 2.75) is 19.9 Å². The van der Waals surface area contributed by atoms with E-state index >= 15 is 0 Å². The Bertz CT molecular complexity index is 1050. The van der Waals surface area contributed by atoms with Crippen LogP contribution in [0.4, 0.5) is 14.5 Å². The van der Waals surface area contributed by atoms with Crippen LogP contribution in [-0.2, 0) is 0 Å². The molecule has 1 unspecified atom stereocenters. The first-order valence-corrected chi connectivity index (χ1v) is 9.06. The van der Waals surface area contributed by atoms with E-state index in [2.05, 4.69) is 15.2 Å². The Morgan fingerprint density at radius 3 is 2.52 bits per heavy atom. The minimum Gasteiger partial charge on any atom is -0.398 e. The number of aromatic nitrogens is 3. The van der Waals surface area contributed by atoms with E-state index in [-0.39, 0.29) is 40.6 Å². The van der Waals surface area contributed by atoms with E-state index in [1.165, 1.54) is 24.3 Å².